The number of nitrogens with two attached hydrogens (primary N) is 1. The average Bonchev–Trinajstić information content (AvgIpc) is 2.30. The summed E-state index contributed by atoms with van der Waals surface area (Å²) < 4.78 is 12.4. The third-order valence-corrected chi connectivity index (χ3v) is 2.71. The van der Waals surface area contributed by atoms with Crippen molar-refractivity contribution in [2.24, 2.45) is 5.73 Å². The van der Waals surface area contributed by atoms with Crippen LogP contribution in [0.5, 0.6) is 5.75 Å². The Labute approximate surface area is 95.7 Å². The van der Waals surface area contributed by atoms with Gasteiger partial charge in [-0.2, -0.15) is 0 Å². The zero-order valence-corrected chi connectivity index (χ0v) is 9.78. The summed E-state index contributed by atoms with van der Waals surface area (Å²) in [7, 11) is 0. The maximum atomic E-state index is 12.4. The Morgan fingerprint density at radius 3 is 2.44 bits per heavy atom. The number of phenols is 1. The van der Waals surface area contributed by atoms with Gasteiger partial charge in [-0.1, -0.05) is 6.07 Å². The average molecular weight is 226 g/mol. The molecule has 0 radical (unpaired) electrons. The number of hydrogen-bond donors (Lipinski definition) is 2. The summed E-state index contributed by atoms with van der Waals surface area (Å²) in [4.78, 5) is 2.10. The molecule has 3 N–H and O–H groups in total. The van der Waals surface area contributed by atoms with Crippen LogP contribution in [0.1, 0.15) is 25.5 Å². The van der Waals surface area contributed by atoms with Gasteiger partial charge in [0.25, 0.3) is 0 Å². The highest BCUT2D eigenvalue weighted by atomic mass is 19.1. The first-order valence-electron chi connectivity index (χ1n) is 5.53. The summed E-state index contributed by atoms with van der Waals surface area (Å²) in [6, 6.07) is 4.44. The van der Waals surface area contributed by atoms with Crippen LogP contribution < -0.4 is 10.6 Å². The van der Waals surface area contributed by atoms with E-state index in [-0.39, 0.29) is 5.75 Å². The lowest BCUT2D eigenvalue weighted by Crippen LogP contribution is -2.22. The van der Waals surface area contributed by atoms with Crippen LogP contribution >= 0.6 is 0 Å². The van der Waals surface area contributed by atoms with Crippen molar-refractivity contribution in [1.29, 1.82) is 0 Å². The van der Waals surface area contributed by atoms with Crippen molar-refractivity contribution >= 4 is 5.69 Å². The first kappa shape index (κ1) is 12.8. The molecule has 0 heterocycles. The maximum Gasteiger partial charge on any atom is 0.122 e. The molecule has 1 aromatic rings. The van der Waals surface area contributed by atoms with Gasteiger partial charge in [-0.05, 0) is 19.9 Å². The lowest BCUT2D eigenvalue weighted by molar-refractivity contribution is 0.414. The van der Waals surface area contributed by atoms with E-state index in [4.69, 9.17) is 5.73 Å². The molecule has 16 heavy (non-hydrogen) atoms. The van der Waals surface area contributed by atoms with E-state index in [0.717, 1.165) is 18.8 Å². The molecule has 1 atom stereocenters. The van der Waals surface area contributed by atoms with Gasteiger partial charge in [0, 0.05) is 30.4 Å². The monoisotopic (exact) mass is 226 g/mol. The van der Waals surface area contributed by atoms with Gasteiger partial charge in [0.15, 0.2) is 0 Å². The SMILES string of the molecule is CCN(CC)c1ccc([C@@H](N)CF)c(O)c1. The minimum atomic E-state index is -0.745. The van der Waals surface area contributed by atoms with Crippen molar-refractivity contribution in [2.45, 2.75) is 19.9 Å². The van der Waals surface area contributed by atoms with Crippen molar-refractivity contribution < 1.29 is 9.50 Å². The number of hydrogen-bond acceptors (Lipinski definition) is 3. The van der Waals surface area contributed by atoms with Crippen molar-refractivity contribution in [3.63, 3.8) is 0 Å². The molecule has 0 aliphatic rings. The molecule has 0 amide bonds. The molecule has 0 saturated heterocycles. The topological polar surface area (TPSA) is 49.5 Å². The molecule has 0 unspecified atom stereocenters. The van der Waals surface area contributed by atoms with Gasteiger partial charge in [0.2, 0.25) is 0 Å². The van der Waals surface area contributed by atoms with Crippen LogP contribution in [0.25, 0.3) is 0 Å². The maximum absolute atomic E-state index is 12.4. The summed E-state index contributed by atoms with van der Waals surface area (Å²) in [6.45, 7) is 5.15. The molecule has 0 saturated carbocycles. The van der Waals surface area contributed by atoms with Crippen LogP contribution in [0, 0.1) is 0 Å². The van der Waals surface area contributed by atoms with E-state index < -0.39 is 12.7 Å². The van der Waals surface area contributed by atoms with E-state index in [1.165, 1.54) is 0 Å². The summed E-state index contributed by atoms with van der Waals surface area (Å²) in [6.07, 6.45) is 0. The molecule has 90 valence electrons. The number of aromatic hydroxyl groups is 1. The predicted octanol–water partition coefficient (Wildman–Crippen LogP) is 2.21. The minimum Gasteiger partial charge on any atom is -0.508 e. The Morgan fingerprint density at radius 1 is 1.38 bits per heavy atom. The highest BCUT2D eigenvalue weighted by molar-refractivity contribution is 5.54. The first-order chi connectivity index (χ1) is 7.63. The number of alkyl halides is 1. The van der Waals surface area contributed by atoms with E-state index in [0.29, 0.717) is 5.56 Å². The molecule has 1 rings (SSSR count). The normalized spacial score (nSPS) is 12.5. The number of anilines is 1. The summed E-state index contributed by atoms with van der Waals surface area (Å²) in [5, 5.41) is 9.76. The predicted molar refractivity (Wildman–Crippen MR) is 64.6 cm³/mol. The molecule has 0 aliphatic heterocycles. The van der Waals surface area contributed by atoms with Gasteiger partial charge in [-0.15, -0.1) is 0 Å². The second-order valence-corrected chi connectivity index (χ2v) is 3.68. The Hall–Kier alpha value is -1.29. The quantitative estimate of drug-likeness (QED) is 0.809. The molecular weight excluding hydrogens is 207 g/mol. The molecule has 4 heteroatoms. The fourth-order valence-corrected chi connectivity index (χ4v) is 1.71. The highest BCUT2D eigenvalue weighted by Crippen LogP contribution is 2.28. The van der Waals surface area contributed by atoms with Crippen LogP contribution in [0.3, 0.4) is 0 Å². The fraction of sp³-hybridized carbons (Fsp3) is 0.500. The summed E-state index contributed by atoms with van der Waals surface area (Å²) in [5.41, 5.74) is 6.92. The molecule has 0 aliphatic carbocycles. The van der Waals surface area contributed by atoms with Gasteiger partial charge in [-0.3, -0.25) is 0 Å². The number of nitrogens with zero attached hydrogens (tertiary/aromatic N) is 1. The fourth-order valence-electron chi connectivity index (χ4n) is 1.71. The lowest BCUT2D eigenvalue weighted by atomic mass is 10.1. The van der Waals surface area contributed by atoms with Crippen molar-refractivity contribution in [3.8, 4) is 5.75 Å². The van der Waals surface area contributed by atoms with Gasteiger partial charge in [0.05, 0.1) is 6.04 Å². The van der Waals surface area contributed by atoms with Crippen molar-refractivity contribution in [1.82, 2.24) is 0 Å². The number of rotatable bonds is 5. The zero-order valence-electron chi connectivity index (χ0n) is 9.78. The van der Waals surface area contributed by atoms with Crippen LogP contribution in [0.2, 0.25) is 0 Å². The number of phenolic OH excluding ortho intramolecular Hbond substituents is 1. The Balaban J connectivity index is 2.98. The van der Waals surface area contributed by atoms with Crippen molar-refractivity contribution in [3.05, 3.63) is 23.8 Å². The molecular formula is C12H19FN2O. The Morgan fingerprint density at radius 2 is 2.00 bits per heavy atom. The summed E-state index contributed by atoms with van der Waals surface area (Å²) in [5.74, 6) is 0.0644. The zero-order chi connectivity index (χ0) is 12.1. The third kappa shape index (κ3) is 2.64. The third-order valence-electron chi connectivity index (χ3n) is 2.71. The smallest absolute Gasteiger partial charge is 0.122 e. The highest BCUT2D eigenvalue weighted by Gasteiger charge is 2.12. The molecule has 3 nitrogen and oxygen atoms in total. The van der Waals surface area contributed by atoms with Crippen LogP contribution in [0.4, 0.5) is 10.1 Å². The van der Waals surface area contributed by atoms with Crippen LogP contribution in [-0.4, -0.2) is 24.9 Å². The van der Waals surface area contributed by atoms with Gasteiger partial charge in [0.1, 0.15) is 12.4 Å². The van der Waals surface area contributed by atoms with Crippen LogP contribution in [-0.2, 0) is 0 Å². The first-order valence-corrected chi connectivity index (χ1v) is 5.53. The van der Waals surface area contributed by atoms with Crippen LogP contribution in [0.15, 0.2) is 18.2 Å². The molecule has 0 aromatic heterocycles. The molecule has 1 aromatic carbocycles. The van der Waals surface area contributed by atoms with E-state index in [1.54, 1.807) is 12.1 Å². The number of benzene rings is 1. The number of halogens is 1. The summed E-state index contributed by atoms with van der Waals surface area (Å²) >= 11 is 0. The van der Waals surface area contributed by atoms with Gasteiger partial charge in [-0.25, -0.2) is 4.39 Å². The molecule has 0 fully saturated rings. The molecule has 0 bridgehead atoms. The van der Waals surface area contributed by atoms with E-state index in [9.17, 15) is 9.50 Å². The second-order valence-electron chi connectivity index (χ2n) is 3.68. The van der Waals surface area contributed by atoms with E-state index >= 15 is 0 Å². The Bertz CT molecular complexity index is 340. The standard InChI is InChI=1S/C12H19FN2O/c1-3-15(4-2)9-5-6-10(11(14)8-13)12(16)7-9/h5-7,11,16H,3-4,8,14H2,1-2H3/t11-/m0/s1. The largest absolute Gasteiger partial charge is 0.508 e. The molecule has 0 spiro atoms. The Kier molecular flexibility index (Phi) is 4.55. The van der Waals surface area contributed by atoms with E-state index in [1.807, 2.05) is 19.9 Å². The van der Waals surface area contributed by atoms with Gasteiger partial charge >= 0.3 is 0 Å². The van der Waals surface area contributed by atoms with Gasteiger partial charge < -0.3 is 15.7 Å². The second kappa shape index (κ2) is 5.70. The lowest BCUT2D eigenvalue weighted by Gasteiger charge is -2.22. The van der Waals surface area contributed by atoms with Crippen molar-refractivity contribution in [2.75, 3.05) is 24.7 Å². The van der Waals surface area contributed by atoms with E-state index in [2.05, 4.69) is 4.90 Å². The minimum absolute atomic E-state index is 0.0644.